The van der Waals surface area contributed by atoms with E-state index in [2.05, 4.69) is 6.92 Å². The van der Waals surface area contributed by atoms with Gasteiger partial charge in [-0.3, -0.25) is 0 Å². The summed E-state index contributed by atoms with van der Waals surface area (Å²) in [5.41, 5.74) is 0. The van der Waals surface area contributed by atoms with Crippen LogP contribution in [0.5, 0.6) is 0 Å². The van der Waals surface area contributed by atoms with Gasteiger partial charge in [-0.2, -0.15) is 0 Å². The number of hydrogen-bond donors (Lipinski definition) is 0. The lowest BCUT2D eigenvalue weighted by atomic mass is 9.75. The molecule has 15 heavy (non-hydrogen) atoms. The Hall–Kier alpha value is 0.250. The largest absolute Gasteiger partial charge is 0.378 e. The lowest BCUT2D eigenvalue weighted by Gasteiger charge is -2.39. The van der Waals surface area contributed by atoms with Crippen LogP contribution in [0.3, 0.4) is 0 Å². The fraction of sp³-hybridized carbons (Fsp3) is 1.00. The average Bonchev–Trinajstić information content (AvgIpc) is 2.30. The van der Waals surface area contributed by atoms with Crippen molar-refractivity contribution < 1.29 is 4.74 Å². The Kier molecular flexibility index (Phi) is 4.33. The Morgan fingerprint density at radius 2 is 1.87 bits per heavy atom. The molecule has 2 fully saturated rings. The summed E-state index contributed by atoms with van der Waals surface area (Å²) in [5, 5.41) is 0. The minimum absolute atomic E-state index is 0.476. The topological polar surface area (TPSA) is 9.23 Å². The standard InChI is InChI=1S/C13H23ClO/c1-10-4-6-11(7-5-10)13-12(9-14)3-2-8-15-13/h10-13H,2-9H2,1H3. The third-order valence-corrected chi connectivity index (χ3v) is 4.61. The highest BCUT2D eigenvalue weighted by molar-refractivity contribution is 6.18. The van der Waals surface area contributed by atoms with Gasteiger partial charge in [-0.25, -0.2) is 0 Å². The Balaban J connectivity index is 1.90. The van der Waals surface area contributed by atoms with Crippen molar-refractivity contribution >= 4 is 11.6 Å². The SMILES string of the molecule is CC1CCC(C2OCCCC2CCl)CC1. The zero-order valence-corrected chi connectivity index (χ0v) is 10.5. The molecule has 0 spiro atoms. The quantitative estimate of drug-likeness (QED) is 0.655. The first-order valence-corrected chi connectivity index (χ1v) is 7.02. The van der Waals surface area contributed by atoms with Crippen LogP contribution in [0.4, 0.5) is 0 Å². The molecule has 0 radical (unpaired) electrons. The molecule has 0 N–H and O–H groups in total. The summed E-state index contributed by atoms with van der Waals surface area (Å²) < 4.78 is 5.97. The van der Waals surface area contributed by atoms with Crippen LogP contribution < -0.4 is 0 Å². The van der Waals surface area contributed by atoms with Gasteiger partial charge in [-0.05, 0) is 43.4 Å². The Morgan fingerprint density at radius 1 is 1.13 bits per heavy atom. The highest BCUT2D eigenvalue weighted by Crippen LogP contribution is 2.37. The maximum absolute atomic E-state index is 6.04. The van der Waals surface area contributed by atoms with Crippen molar-refractivity contribution in [1.29, 1.82) is 0 Å². The van der Waals surface area contributed by atoms with E-state index in [9.17, 15) is 0 Å². The molecule has 0 aromatic rings. The van der Waals surface area contributed by atoms with Crippen molar-refractivity contribution in [3.05, 3.63) is 0 Å². The third-order valence-electron chi connectivity index (χ3n) is 4.22. The predicted molar refractivity (Wildman–Crippen MR) is 64.3 cm³/mol. The van der Waals surface area contributed by atoms with E-state index in [0.717, 1.165) is 24.3 Å². The van der Waals surface area contributed by atoms with Crippen LogP contribution in [0.25, 0.3) is 0 Å². The van der Waals surface area contributed by atoms with Gasteiger partial charge < -0.3 is 4.74 Å². The molecule has 0 amide bonds. The zero-order valence-electron chi connectivity index (χ0n) is 9.75. The van der Waals surface area contributed by atoms with E-state index in [1.165, 1.54) is 38.5 Å². The molecule has 1 aliphatic carbocycles. The minimum atomic E-state index is 0.476. The smallest absolute Gasteiger partial charge is 0.0642 e. The van der Waals surface area contributed by atoms with Crippen molar-refractivity contribution in [3.8, 4) is 0 Å². The molecule has 2 aliphatic rings. The van der Waals surface area contributed by atoms with Crippen molar-refractivity contribution in [2.24, 2.45) is 17.8 Å². The van der Waals surface area contributed by atoms with Crippen molar-refractivity contribution in [2.75, 3.05) is 12.5 Å². The van der Waals surface area contributed by atoms with E-state index in [1.807, 2.05) is 0 Å². The molecule has 1 aliphatic heterocycles. The molecule has 2 heteroatoms. The molecule has 1 heterocycles. The van der Waals surface area contributed by atoms with E-state index >= 15 is 0 Å². The van der Waals surface area contributed by atoms with Crippen LogP contribution in [0.15, 0.2) is 0 Å². The molecule has 1 saturated carbocycles. The zero-order chi connectivity index (χ0) is 10.7. The first kappa shape index (κ1) is 11.7. The van der Waals surface area contributed by atoms with Crippen LogP contribution in [-0.2, 0) is 4.74 Å². The Bertz CT molecular complexity index is 187. The van der Waals surface area contributed by atoms with Gasteiger partial charge in [0, 0.05) is 12.5 Å². The Labute approximate surface area is 98.5 Å². The molecule has 0 aromatic heterocycles. The summed E-state index contributed by atoms with van der Waals surface area (Å²) in [4.78, 5) is 0. The molecular weight excluding hydrogens is 208 g/mol. The van der Waals surface area contributed by atoms with Crippen LogP contribution in [-0.4, -0.2) is 18.6 Å². The summed E-state index contributed by atoms with van der Waals surface area (Å²) in [6.07, 6.45) is 8.46. The van der Waals surface area contributed by atoms with Gasteiger partial charge in [0.25, 0.3) is 0 Å². The van der Waals surface area contributed by atoms with Gasteiger partial charge in [0.1, 0.15) is 0 Å². The van der Waals surface area contributed by atoms with E-state index in [-0.39, 0.29) is 0 Å². The van der Waals surface area contributed by atoms with Crippen molar-refractivity contribution in [1.82, 2.24) is 0 Å². The van der Waals surface area contributed by atoms with Gasteiger partial charge in [0.05, 0.1) is 6.10 Å². The highest BCUT2D eigenvalue weighted by Gasteiger charge is 2.33. The minimum Gasteiger partial charge on any atom is -0.378 e. The van der Waals surface area contributed by atoms with Gasteiger partial charge in [0.2, 0.25) is 0 Å². The molecule has 0 bridgehead atoms. The summed E-state index contributed by atoms with van der Waals surface area (Å²) in [7, 11) is 0. The third kappa shape index (κ3) is 2.88. The molecule has 1 nitrogen and oxygen atoms in total. The lowest BCUT2D eigenvalue weighted by Crippen LogP contribution is -2.38. The summed E-state index contributed by atoms with van der Waals surface area (Å²) >= 11 is 6.04. The maximum Gasteiger partial charge on any atom is 0.0642 e. The number of rotatable bonds is 2. The average molecular weight is 231 g/mol. The second-order valence-electron chi connectivity index (χ2n) is 5.41. The number of ether oxygens (including phenoxy) is 1. The van der Waals surface area contributed by atoms with Gasteiger partial charge in [-0.15, -0.1) is 11.6 Å². The molecular formula is C13H23ClO. The lowest BCUT2D eigenvalue weighted by molar-refractivity contribution is -0.0646. The molecule has 2 unspecified atom stereocenters. The van der Waals surface area contributed by atoms with E-state index in [0.29, 0.717) is 12.0 Å². The highest BCUT2D eigenvalue weighted by atomic mass is 35.5. The van der Waals surface area contributed by atoms with Crippen molar-refractivity contribution in [2.45, 2.75) is 51.6 Å². The summed E-state index contributed by atoms with van der Waals surface area (Å²) in [6, 6.07) is 0. The van der Waals surface area contributed by atoms with Crippen LogP contribution >= 0.6 is 11.6 Å². The normalized spacial score (nSPS) is 42.8. The molecule has 2 rings (SSSR count). The Morgan fingerprint density at radius 3 is 2.53 bits per heavy atom. The molecule has 1 saturated heterocycles. The summed E-state index contributed by atoms with van der Waals surface area (Å²) in [6.45, 7) is 3.33. The fourth-order valence-electron chi connectivity index (χ4n) is 3.17. The molecule has 2 atom stereocenters. The fourth-order valence-corrected chi connectivity index (χ4v) is 3.50. The van der Waals surface area contributed by atoms with Crippen molar-refractivity contribution in [3.63, 3.8) is 0 Å². The maximum atomic E-state index is 6.04. The second kappa shape index (κ2) is 5.54. The van der Waals surface area contributed by atoms with Crippen LogP contribution in [0, 0.1) is 17.8 Å². The van der Waals surface area contributed by atoms with Gasteiger partial charge in [0.15, 0.2) is 0 Å². The number of halogens is 1. The number of hydrogen-bond acceptors (Lipinski definition) is 1. The van der Waals surface area contributed by atoms with Gasteiger partial charge >= 0.3 is 0 Å². The summed E-state index contributed by atoms with van der Waals surface area (Å²) in [5.74, 6) is 3.14. The first-order valence-electron chi connectivity index (χ1n) is 6.49. The monoisotopic (exact) mass is 230 g/mol. The van der Waals surface area contributed by atoms with Crippen LogP contribution in [0.1, 0.15) is 45.4 Å². The molecule has 88 valence electrons. The predicted octanol–water partition coefficient (Wildman–Crippen LogP) is 3.85. The van der Waals surface area contributed by atoms with Crippen LogP contribution in [0.2, 0.25) is 0 Å². The van der Waals surface area contributed by atoms with Gasteiger partial charge in [-0.1, -0.05) is 19.8 Å². The molecule has 0 aromatic carbocycles. The van der Waals surface area contributed by atoms with E-state index < -0.39 is 0 Å². The second-order valence-corrected chi connectivity index (χ2v) is 5.72. The van der Waals surface area contributed by atoms with E-state index in [1.54, 1.807) is 0 Å². The number of alkyl halides is 1. The first-order chi connectivity index (χ1) is 7.31. The van der Waals surface area contributed by atoms with E-state index in [4.69, 9.17) is 16.3 Å².